The van der Waals surface area contributed by atoms with Gasteiger partial charge in [0, 0.05) is 67.0 Å². The monoisotopic (exact) mass is 1460 g/mol. The van der Waals surface area contributed by atoms with Gasteiger partial charge in [0.05, 0.1) is 22.1 Å². The van der Waals surface area contributed by atoms with Gasteiger partial charge in [0.2, 0.25) is 0 Å². The molecular weight excluding hydrogens is 1360 g/mol. The fraction of sp³-hybridized carbons (Fsp3) is 0.222. The van der Waals surface area contributed by atoms with Gasteiger partial charge < -0.3 is 18.9 Å². The van der Waals surface area contributed by atoms with Crippen LogP contribution in [0.1, 0.15) is 156 Å². The van der Waals surface area contributed by atoms with Crippen LogP contribution in [0.5, 0.6) is 0 Å². The van der Waals surface area contributed by atoms with Gasteiger partial charge in [-0.2, -0.15) is 0 Å². The molecule has 0 saturated heterocycles. The summed E-state index contributed by atoms with van der Waals surface area (Å²) in [6.45, 7) is 33.6. The zero-order chi connectivity index (χ0) is 77.6. The van der Waals surface area contributed by atoms with E-state index in [1.807, 2.05) is 0 Å². The molecule has 554 valence electrons. The average molecular weight is 1460 g/mol. The van der Waals surface area contributed by atoms with Crippen molar-refractivity contribution in [3.05, 3.63) is 331 Å². The lowest BCUT2D eigenvalue weighted by Gasteiger charge is -2.45. The van der Waals surface area contributed by atoms with Gasteiger partial charge >= 0.3 is 0 Å². The van der Waals surface area contributed by atoms with E-state index in [2.05, 4.69) is 413 Å². The van der Waals surface area contributed by atoms with E-state index in [1.165, 1.54) is 197 Å². The Hall–Kier alpha value is -11.7. The van der Waals surface area contributed by atoms with Gasteiger partial charge in [-0.3, -0.25) is 0 Å². The second-order valence-corrected chi connectivity index (χ2v) is 37.9. The van der Waals surface area contributed by atoms with Gasteiger partial charge in [0.25, 0.3) is 6.71 Å². The van der Waals surface area contributed by atoms with Gasteiger partial charge in [0.15, 0.2) is 0 Å². The highest BCUT2D eigenvalue weighted by Crippen LogP contribution is 2.53. The van der Waals surface area contributed by atoms with Crippen molar-refractivity contribution in [2.75, 3.05) is 9.80 Å². The Bertz CT molecular complexity index is 6170. The minimum atomic E-state index is -0.164. The first-order chi connectivity index (χ1) is 54.2. The lowest BCUT2D eigenvalue weighted by molar-refractivity contribution is 0.332. The fourth-order valence-corrected chi connectivity index (χ4v) is 19.9. The van der Waals surface area contributed by atoms with Crippen LogP contribution in [0, 0.1) is 0 Å². The Balaban J connectivity index is 0.846. The largest absolute Gasteiger partial charge is 0.311 e. The van der Waals surface area contributed by atoms with Gasteiger partial charge in [-0.15, -0.1) is 0 Å². The molecule has 0 bridgehead atoms. The third-order valence-corrected chi connectivity index (χ3v) is 26.7. The minimum absolute atomic E-state index is 0.0760. The Morgan fingerprint density at radius 2 is 0.566 bits per heavy atom. The molecule has 0 atom stereocenters. The van der Waals surface area contributed by atoms with E-state index in [0.29, 0.717) is 0 Å². The Kier molecular flexibility index (Phi) is 15.9. The lowest BCUT2D eigenvalue weighted by Crippen LogP contribution is -2.61. The van der Waals surface area contributed by atoms with Crippen LogP contribution in [0.3, 0.4) is 0 Å². The molecule has 0 unspecified atom stereocenters. The molecule has 2 aliphatic carbocycles. The Morgan fingerprint density at radius 3 is 0.973 bits per heavy atom. The molecule has 4 aliphatic rings. The fourth-order valence-electron chi connectivity index (χ4n) is 19.9. The molecule has 5 heteroatoms. The quantitative estimate of drug-likeness (QED) is 0.134. The Labute approximate surface area is 668 Å². The van der Waals surface area contributed by atoms with Crippen LogP contribution in [-0.4, -0.2) is 15.8 Å². The number of fused-ring (bicyclic) bond motifs is 12. The van der Waals surface area contributed by atoms with Crippen molar-refractivity contribution in [3.63, 3.8) is 0 Å². The molecule has 0 radical (unpaired) electrons. The maximum absolute atomic E-state index is 2.65. The van der Waals surface area contributed by atoms with Crippen molar-refractivity contribution in [3.8, 4) is 67.0 Å². The van der Waals surface area contributed by atoms with Crippen molar-refractivity contribution >= 4 is 101 Å². The highest BCUT2D eigenvalue weighted by molar-refractivity contribution is 7.00. The first-order valence-electron chi connectivity index (χ1n) is 41.1. The van der Waals surface area contributed by atoms with Crippen LogP contribution in [0.15, 0.2) is 297 Å². The summed E-state index contributed by atoms with van der Waals surface area (Å²) in [5.41, 5.74) is 38.5. The second-order valence-electron chi connectivity index (χ2n) is 37.9. The molecule has 20 rings (SSSR count). The van der Waals surface area contributed by atoms with Crippen LogP contribution in [-0.2, 0) is 32.5 Å². The van der Waals surface area contributed by atoms with Crippen LogP contribution < -0.4 is 26.2 Å². The standard InChI is InChI=1S/C108H99BN4/c1-103(2,3)78-57-76(58-79(67-78)104(4,5)6)77-65-100-102-101(66-77)113(83-45-35-69(36-46-83)73-38-48-89-91(62-73)108(13,14)56-54-106(89,9)10)99-64-75(71-42-52-97-87(60-71)85-30-22-24-32-95(85)111(97)81-27-19-16-20-28-81)40-50-93(99)109(102)92-49-39-74(70-41-51-96-86(59-70)84-29-21-23-31-94(84)110(96)80-25-17-15-18-26-80)63-98(92)112(100)82-43-33-68(34-44-82)72-37-47-88-90(61-72)107(11,12)55-53-105(88,7)8/h15-52,57-67H,53-56H2,1-14H3. The molecule has 113 heavy (non-hydrogen) atoms. The van der Waals surface area contributed by atoms with Crippen LogP contribution >= 0.6 is 0 Å². The van der Waals surface area contributed by atoms with Gasteiger partial charge in [-0.1, -0.05) is 285 Å². The molecule has 2 aliphatic heterocycles. The van der Waals surface area contributed by atoms with Crippen molar-refractivity contribution < 1.29 is 0 Å². The van der Waals surface area contributed by atoms with Crippen molar-refractivity contribution in [1.82, 2.24) is 9.13 Å². The molecule has 0 N–H and O–H groups in total. The lowest BCUT2D eigenvalue weighted by atomic mass is 9.33. The summed E-state index contributed by atoms with van der Waals surface area (Å²) < 4.78 is 4.85. The second kappa shape index (κ2) is 25.4. The maximum atomic E-state index is 2.65. The molecule has 0 amide bonds. The van der Waals surface area contributed by atoms with Crippen molar-refractivity contribution in [1.29, 1.82) is 0 Å². The predicted molar refractivity (Wildman–Crippen MR) is 484 cm³/mol. The van der Waals surface area contributed by atoms with Gasteiger partial charge in [-0.25, -0.2) is 0 Å². The van der Waals surface area contributed by atoms with Crippen LogP contribution in [0.2, 0.25) is 0 Å². The van der Waals surface area contributed by atoms with Gasteiger partial charge in [-0.05, 0) is 273 Å². The number of hydrogen-bond donors (Lipinski definition) is 0. The number of aromatic nitrogens is 2. The summed E-state index contributed by atoms with van der Waals surface area (Å²) in [6, 6.07) is 115. The highest BCUT2D eigenvalue weighted by atomic mass is 15.2. The molecule has 2 aromatic heterocycles. The summed E-state index contributed by atoms with van der Waals surface area (Å²) in [5, 5.41) is 4.94. The summed E-state index contributed by atoms with van der Waals surface area (Å²) in [4.78, 5) is 5.30. The molecule has 0 fully saturated rings. The minimum Gasteiger partial charge on any atom is -0.311 e. The van der Waals surface area contributed by atoms with Crippen molar-refractivity contribution in [2.45, 2.75) is 155 Å². The molecule has 0 saturated carbocycles. The summed E-state index contributed by atoms with van der Waals surface area (Å²) in [5.74, 6) is 0. The third kappa shape index (κ3) is 11.5. The summed E-state index contributed by atoms with van der Waals surface area (Å²) in [6.07, 6.45) is 4.70. The summed E-state index contributed by atoms with van der Waals surface area (Å²) in [7, 11) is 0. The normalized spacial score (nSPS) is 15.8. The average Bonchev–Trinajstić information content (AvgIpc) is 0.943. The number of benzene rings is 14. The van der Waals surface area contributed by atoms with Crippen LogP contribution in [0.25, 0.3) is 111 Å². The van der Waals surface area contributed by atoms with E-state index in [4.69, 9.17) is 0 Å². The SMILES string of the molecule is CC(C)(C)c1cc(-c2cc3c4c(c2)N(c2ccc(-c5ccc6c(c5)C(C)(C)CCC6(C)C)cc2)c2cc(-c5ccc6c(c5)c5ccccc5n6-c5ccccc5)ccc2B4c2ccc(-c4ccc5c(c4)c4ccccc4n5-c4ccccc4)cc2N3c2ccc(-c3ccc4c(c3)C(C)(C)CCC4(C)C)cc2)cc(C(C)(C)C)c1. The van der Waals surface area contributed by atoms with E-state index in [0.717, 1.165) is 22.7 Å². The number of hydrogen-bond acceptors (Lipinski definition) is 2. The first kappa shape index (κ1) is 70.5. The smallest absolute Gasteiger partial charge is 0.252 e. The van der Waals surface area contributed by atoms with E-state index in [-0.39, 0.29) is 39.2 Å². The van der Waals surface area contributed by atoms with E-state index in [1.54, 1.807) is 0 Å². The van der Waals surface area contributed by atoms with E-state index in [9.17, 15) is 0 Å². The molecule has 16 aromatic rings. The number of rotatable bonds is 9. The number of para-hydroxylation sites is 4. The zero-order valence-corrected chi connectivity index (χ0v) is 68.0. The maximum Gasteiger partial charge on any atom is 0.252 e. The molecule has 0 spiro atoms. The molecule has 4 nitrogen and oxygen atoms in total. The molecule has 14 aromatic carbocycles. The van der Waals surface area contributed by atoms with E-state index >= 15 is 0 Å². The third-order valence-electron chi connectivity index (χ3n) is 26.7. The number of anilines is 6. The highest BCUT2D eigenvalue weighted by Gasteiger charge is 2.45. The molecular formula is C108H99BN4. The summed E-state index contributed by atoms with van der Waals surface area (Å²) >= 11 is 0. The first-order valence-corrected chi connectivity index (χ1v) is 41.1. The zero-order valence-electron chi connectivity index (χ0n) is 68.0. The Morgan fingerprint density at radius 1 is 0.248 bits per heavy atom. The van der Waals surface area contributed by atoms with Crippen LogP contribution in [0.4, 0.5) is 34.1 Å². The molecule has 4 heterocycles. The van der Waals surface area contributed by atoms with E-state index < -0.39 is 0 Å². The topological polar surface area (TPSA) is 16.3 Å². The number of nitrogens with zero attached hydrogens (tertiary/aromatic N) is 4. The van der Waals surface area contributed by atoms with Crippen molar-refractivity contribution in [2.24, 2.45) is 0 Å². The van der Waals surface area contributed by atoms with Gasteiger partial charge in [0.1, 0.15) is 0 Å². The predicted octanol–water partition coefficient (Wildman–Crippen LogP) is 27.6.